The Morgan fingerprint density at radius 3 is 2.06 bits per heavy atom. The van der Waals surface area contributed by atoms with Gasteiger partial charge in [0.15, 0.2) is 0 Å². The highest BCUT2D eigenvalue weighted by atomic mass is 16.5. The molecule has 3 atom stereocenters. The molecule has 0 saturated carbocycles. The Morgan fingerprint density at radius 1 is 0.939 bits per heavy atom. The Morgan fingerprint density at radius 2 is 1.52 bits per heavy atom. The highest BCUT2D eigenvalue weighted by Gasteiger charge is 2.45. The van der Waals surface area contributed by atoms with Crippen molar-refractivity contribution in [1.29, 1.82) is 0 Å². The predicted molar refractivity (Wildman–Crippen MR) is 125 cm³/mol. The van der Waals surface area contributed by atoms with Crippen molar-refractivity contribution in [3.8, 4) is 11.5 Å². The first-order chi connectivity index (χ1) is 16.0. The highest BCUT2D eigenvalue weighted by Crippen LogP contribution is 2.46. The van der Waals surface area contributed by atoms with Crippen LogP contribution in [0, 0.1) is 5.92 Å². The largest absolute Gasteiger partial charge is 0.497 e. The lowest BCUT2D eigenvalue weighted by atomic mass is 9.68. The number of ketones is 1. The van der Waals surface area contributed by atoms with Gasteiger partial charge < -0.3 is 19.5 Å². The number of hydrogen-bond acceptors (Lipinski definition) is 6. The van der Waals surface area contributed by atoms with Crippen LogP contribution in [0.15, 0.2) is 71.6 Å². The molecule has 0 aromatic heterocycles. The topological polar surface area (TPSA) is 73.9 Å². The summed E-state index contributed by atoms with van der Waals surface area (Å²) in [5, 5.41) is 3.35. The van der Waals surface area contributed by atoms with E-state index in [0.717, 1.165) is 28.3 Å². The van der Waals surface area contributed by atoms with Crippen molar-refractivity contribution in [3.63, 3.8) is 0 Å². The molecule has 0 radical (unpaired) electrons. The van der Waals surface area contributed by atoms with Crippen molar-refractivity contribution < 1.29 is 23.8 Å². The Kier molecular flexibility index (Phi) is 6.54. The van der Waals surface area contributed by atoms with Gasteiger partial charge in [-0.05, 0) is 49.2 Å². The van der Waals surface area contributed by atoms with E-state index in [-0.39, 0.29) is 18.3 Å². The number of methoxy groups -OCH3 is 2. The van der Waals surface area contributed by atoms with Gasteiger partial charge in [0, 0.05) is 29.7 Å². The van der Waals surface area contributed by atoms with Gasteiger partial charge in [-0.1, -0.05) is 30.3 Å². The smallest absolute Gasteiger partial charge is 0.336 e. The van der Waals surface area contributed by atoms with Crippen LogP contribution in [-0.2, 0) is 14.3 Å². The van der Waals surface area contributed by atoms with Gasteiger partial charge in [-0.3, -0.25) is 4.79 Å². The summed E-state index contributed by atoms with van der Waals surface area (Å²) in [6, 6.07) is 15.3. The maximum Gasteiger partial charge on any atom is 0.336 e. The van der Waals surface area contributed by atoms with Gasteiger partial charge in [0.1, 0.15) is 17.3 Å². The van der Waals surface area contributed by atoms with Crippen LogP contribution in [0.3, 0.4) is 0 Å². The highest BCUT2D eigenvalue weighted by molar-refractivity contribution is 5.96. The SMILES string of the molecule is CCOC(=O)C1=C(C)NC2=CC(c3ccc(OC)cc3)CC(=O)C2C1c1ccc(OC)cc1. The minimum atomic E-state index is -0.476. The van der Waals surface area contributed by atoms with Crippen LogP contribution in [0.4, 0.5) is 0 Å². The molecular weight excluding hydrogens is 418 g/mol. The average Bonchev–Trinajstić information content (AvgIpc) is 2.83. The third-order valence-corrected chi connectivity index (χ3v) is 6.38. The first kappa shape index (κ1) is 22.6. The number of rotatable bonds is 6. The number of esters is 1. The lowest BCUT2D eigenvalue weighted by Gasteiger charge is -2.39. The van der Waals surface area contributed by atoms with E-state index in [9.17, 15) is 9.59 Å². The number of benzene rings is 2. The first-order valence-electron chi connectivity index (χ1n) is 11.1. The van der Waals surface area contributed by atoms with Crippen molar-refractivity contribution >= 4 is 11.8 Å². The standard InChI is InChI=1S/C27H29NO5/c1-5-33-27(30)24-16(2)28-22-14-19(17-6-10-20(31-3)11-7-17)15-23(29)26(22)25(24)18-8-12-21(32-4)13-9-18/h6-14,19,25-26,28H,5,15H2,1-4H3. The summed E-state index contributed by atoms with van der Waals surface area (Å²) < 4.78 is 15.9. The Labute approximate surface area is 194 Å². The summed E-state index contributed by atoms with van der Waals surface area (Å²) in [6.07, 6.45) is 2.49. The van der Waals surface area contributed by atoms with Crippen LogP contribution in [0.2, 0.25) is 0 Å². The van der Waals surface area contributed by atoms with Gasteiger partial charge in [-0.2, -0.15) is 0 Å². The molecule has 1 aliphatic carbocycles. The van der Waals surface area contributed by atoms with E-state index in [1.807, 2.05) is 55.5 Å². The van der Waals surface area contributed by atoms with Crippen molar-refractivity contribution in [3.05, 3.63) is 82.7 Å². The van der Waals surface area contributed by atoms with Crippen LogP contribution in [-0.4, -0.2) is 32.6 Å². The summed E-state index contributed by atoms with van der Waals surface area (Å²) in [5.41, 5.74) is 3.97. The molecule has 6 nitrogen and oxygen atoms in total. The summed E-state index contributed by atoms with van der Waals surface area (Å²) in [4.78, 5) is 26.5. The zero-order chi connectivity index (χ0) is 23.5. The average molecular weight is 448 g/mol. The molecule has 2 aromatic carbocycles. The van der Waals surface area contributed by atoms with Crippen molar-refractivity contribution in [1.82, 2.24) is 5.32 Å². The van der Waals surface area contributed by atoms with Crippen molar-refractivity contribution in [2.75, 3.05) is 20.8 Å². The van der Waals surface area contributed by atoms with E-state index in [1.165, 1.54) is 0 Å². The van der Waals surface area contributed by atoms with Gasteiger partial charge >= 0.3 is 5.97 Å². The number of Topliss-reactive ketones (excluding diaryl/α,β-unsaturated/α-hetero) is 1. The van der Waals surface area contributed by atoms with Gasteiger partial charge in [-0.25, -0.2) is 4.79 Å². The number of nitrogens with one attached hydrogen (secondary N) is 1. The lowest BCUT2D eigenvalue weighted by molar-refractivity contribution is -0.139. The minimum absolute atomic E-state index is 0.0457. The second-order valence-electron chi connectivity index (χ2n) is 8.28. The Hall–Kier alpha value is -3.54. The lowest BCUT2D eigenvalue weighted by Crippen LogP contribution is -2.41. The third kappa shape index (κ3) is 4.38. The molecule has 1 heterocycles. The molecule has 2 aliphatic rings. The molecule has 0 bridgehead atoms. The van der Waals surface area contributed by atoms with Crippen molar-refractivity contribution in [2.45, 2.75) is 32.1 Å². The molecule has 2 aromatic rings. The number of fused-ring (bicyclic) bond motifs is 1. The zero-order valence-corrected chi connectivity index (χ0v) is 19.4. The molecule has 1 aliphatic heterocycles. The molecule has 1 N–H and O–H groups in total. The summed E-state index contributed by atoms with van der Waals surface area (Å²) in [5.74, 6) is 0.248. The van der Waals surface area contributed by atoms with E-state index >= 15 is 0 Å². The normalized spacial score (nSPS) is 22.1. The van der Waals surface area contributed by atoms with Crippen molar-refractivity contribution in [2.24, 2.45) is 5.92 Å². The van der Waals surface area contributed by atoms with Crippen LogP contribution < -0.4 is 14.8 Å². The Balaban J connectivity index is 1.78. The second kappa shape index (κ2) is 9.53. The number of hydrogen-bond donors (Lipinski definition) is 1. The van der Waals surface area contributed by atoms with E-state index < -0.39 is 17.8 Å². The maximum absolute atomic E-state index is 13.6. The van der Waals surface area contributed by atoms with E-state index in [1.54, 1.807) is 21.1 Å². The third-order valence-electron chi connectivity index (χ3n) is 6.38. The number of allylic oxidation sites excluding steroid dienone is 3. The van der Waals surface area contributed by atoms with E-state index in [0.29, 0.717) is 17.7 Å². The van der Waals surface area contributed by atoms with Crippen LogP contribution >= 0.6 is 0 Å². The summed E-state index contributed by atoms with van der Waals surface area (Å²) in [7, 11) is 3.24. The van der Waals surface area contributed by atoms with E-state index in [2.05, 4.69) is 11.4 Å². The van der Waals surface area contributed by atoms with Crippen LogP contribution in [0.5, 0.6) is 11.5 Å². The Bertz CT molecular complexity index is 1100. The molecule has 6 heteroatoms. The fourth-order valence-electron chi connectivity index (χ4n) is 4.79. The fourth-order valence-corrected chi connectivity index (χ4v) is 4.79. The molecular formula is C27H29NO5. The van der Waals surface area contributed by atoms with Crippen LogP contribution in [0.25, 0.3) is 0 Å². The molecule has 0 saturated heterocycles. The molecule has 3 unspecified atom stereocenters. The quantitative estimate of drug-likeness (QED) is 0.658. The van der Waals surface area contributed by atoms with Gasteiger partial charge in [0.25, 0.3) is 0 Å². The number of ether oxygens (including phenoxy) is 3. The van der Waals surface area contributed by atoms with Gasteiger partial charge in [-0.15, -0.1) is 0 Å². The fraction of sp³-hybridized carbons (Fsp3) is 0.333. The van der Waals surface area contributed by atoms with Gasteiger partial charge in [0.2, 0.25) is 0 Å². The summed E-state index contributed by atoms with van der Waals surface area (Å²) in [6.45, 7) is 3.91. The first-order valence-corrected chi connectivity index (χ1v) is 11.1. The molecule has 33 heavy (non-hydrogen) atoms. The van der Waals surface area contributed by atoms with Crippen LogP contribution in [0.1, 0.15) is 43.2 Å². The number of carbonyl (C=O) groups excluding carboxylic acids is 2. The molecule has 4 rings (SSSR count). The van der Waals surface area contributed by atoms with E-state index in [4.69, 9.17) is 14.2 Å². The monoisotopic (exact) mass is 447 g/mol. The molecule has 0 fully saturated rings. The maximum atomic E-state index is 13.6. The predicted octanol–water partition coefficient (Wildman–Crippen LogP) is 4.48. The second-order valence-corrected chi connectivity index (χ2v) is 8.28. The molecule has 172 valence electrons. The zero-order valence-electron chi connectivity index (χ0n) is 19.4. The number of carbonyl (C=O) groups is 2. The molecule has 0 amide bonds. The summed E-state index contributed by atoms with van der Waals surface area (Å²) >= 11 is 0. The minimum Gasteiger partial charge on any atom is -0.497 e. The molecule has 0 spiro atoms. The van der Waals surface area contributed by atoms with Gasteiger partial charge in [0.05, 0.1) is 32.3 Å².